The normalized spacial score (nSPS) is 14.2. The molecule has 1 aliphatic heterocycles. The first-order valence-electron chi connectivity index (χ1n) is 13.2. The SMILES string of the molecule is CC(C)c1ncnc(C(C)C)c1-n1c(=O)c(C#N)c(N2CCN(C(=O)OC(C)(C)C)CC2)c2cc(Cl)c(Cl)nc21. The Morgan fingerprint density at radius 1 is 1.02 bits per heavy atom. The Labute approximate surface area is 243 Å². The van der Waals surface area contributed by atoms with Gasteiger partial charge in [0, 0.05) is 31.6 Å². The summed E-state index contributed by atoms with van der Waals surface area (Å²) in [5, 5.41) is 11.0. The highest BCUT2D eigenvalue weighted by atomic mass is 35.5. The molecule has 1 amide bonds. The van der Waals surface area contributed by atoms with Gasteiger partial charge in [-0.2, -0.15) is 5.26 Å². The molecule has 0 saturated carbocycles. The average molecular weight is 587 g/mol. The van der Waals surface area contributed by atoms with Crippen molar-refractivity contribution in [3.8, 4) is 11.8 Å². The third-order valence-electron chi connectivity index (χ3n) is 6.59. The Bertz CT molecular complexity index is 1540. The molecule has 1 saturated heterocycles. The summed E-state index contributed by atoms with van der Waals surface area (Å²) in [6.07, 6.45) is 1.08. The molecule has 3 aromatic heterocycles. The number of nitrogens with zero attached hydrogens (tertiary/aromatic N) is 7. The number of ether oxygens (including phenoxy) is 1. The standard InChI is InChI=1S/C28H33Cl2N7O3/c1-15(2)20-23(21(16(3)4)33-14-32-20)37-25-17(12-19(29)24(30)34-25)22(18(13-31)26(37)38)35-8-10-36(11-9-35)27(39)40-28(5,6)7/h12,14-16H,8-11H2,1-7H3. The lowest BCUT2D eigenvalue weighted by Crippen LogP contribution is -2.50. The van der Waals surface area contributed by atoms with Crippen LogP contribution in [-0.2, 0) is 4.74 Å². The van der Waals surface area contributed by atoms with Gasteiger partial charge in [0.05, 0.1) is 27.8 Å². The van der Waals surface area contributed by atoms with Crippen LogP contribution in [0.15, 0.2) is 17.2 Å². The molecule has 0 N–H and O–H groups in total. The van der Waals surface area contributed by atoms with Crippen LogP contribution >= 0.6 is 23.2 Å². The molecular formula is C28H33Cl2N7O3. The van der Waals surface area contributed by atoms with Gasteiger partial charge in [-0.15, -0.1) is 0 Å². The van der Waals surface area contributed by atoms with Crippen molar-refractivity contribution < 1.29 is 9.53 Å². The highest BCUT2D eigenvalue weighted by Gasteiger charge is 2.31. The van der Waals surface area contributed by atoms with Crippen LogP contribution < -0.4 is 10.5 Å². The van der Waals surface area contributed by atoms with Crippen LogP contribution in [0.5, 0.6) is 0 Å². The first-order chi connectivity index (χ1) is 18.7. The fourth-order valence-electron chi connectivity index (χ4n) is 4.80. The lowest BCUT2D eigenvalue weighted by Gasteiger charge is -2.37. The zero-order valence-electron chi connectivity index (χ0n) is 23.7. The highest BCUT2D eigenvalue weighted by Crippen LogP contribution is 2.36. The van der Waals surface area contributed by atoms with Crippen molar-refractivity contribution >= 4 is 46.0 Å². The summed E-state index contributed by atoms with van der Waals surface area (Å²) < 4.78 is 6.92. The van der Waals surface area contributed by atoms with E-state index in [0.29, 0.717) is 54.3 Å². The molecule has 0 radical (unpaired) electrons. The number of nitriles is 1. The molecule has 40 heavy (non-hydrogen) atoms. The second kappa shape index (κ2) is 11.2. The van der Waals surface area contributed by atoms with E-state index in [1.54, 1.807) is 11.0 Å². The molecule has 0 spiro atoms. The molecule has 3 aromatic rings. The number of aromatic nitrogens is 4. The zero-order chi connectivity index (χ0) is 29.5. The van der Waals surface area contributed by atoms with Gasteiger partial charge in [-0.25, -0.2) is 19.7 Å². The number of piperazine rings is 1. The maximum atomic E-state index is 14.2. The molecule has 212 valence electrons. The highest BCUT2D eigenvalue weighted by molar-refractivity contribution is 6.41. The quantitative estimate of drug-likeness (QED) is 0.360. The number of pyridine rings is 2. The molecule has 4 rings (SSSR count). The average Bonchev–Trinajstić information content (AvgIpc) is 2.88. The lowest BCUT2D eigenvalue weighted by molar-refractivity contribution is 0.0240. The lowest BCUT2D eigenvalue weighted by atomic mass is 10.0. The predicted octanol–water partition coefficient (Wildman–Crippen LogP) is 5.66. The number of fused-ring (bicyclic) bond motifs is 1. The van der Waals surface area contributed by atoms with Gasteiger partial charge in [-0.3, -0.25) is 9.36 Å². The first-order valence-corrected chi connectivity index (χ1v) is 13.9. The molecule has 0 unspecified atom stereocenters. The van der Waals surface area contributed by atoms with Crippen molar-refractivity contribution in [2.24, 2.45) is 0 Å². The van der Waals surface area contributed by atoms with Crippen molar-refractivity contribution in [3.63, 3.8) is 0 Å². The monoisotopic (exact) mass is 585 g/mol. The Hall–Kier alpha value is -3.42. The van der Waals surface area contributed by atoms with E-state index in [1.165, 1.54) is 10.9 Å². The van der Waals surface area contributed by atoms with E-state index in [1.807, 2.05) is 53.4 Å². The van der Waals surface area contributed by atoms with Gasteiger partial charge in [0.2, 0.25) is 0 Å². The van der Waals surface area contributed by atoms with E-state index in [0.717, 1.165) is 0 Å². The summed E-state index contributed by atoms with van der Waals surface area (Å²) >= 11 is 12.8. The van der Waals surface area contributed by atoms with Gasteiger partial charge in [0.15, 0.2) is 5.65 Å². The minimum Gasteiger partial charge on any atom is -0.444 e. The molecule has 0 aliphatic carbocycles. The van der Waals surface area contributed by atoms with Crippen molar-refractivity contribution in [2.45, 2.75) is 65.9 Å². The second-order valence-corrected chi connectivity index (χ2v) is 12.1. The topological polar surface area (TPSA) is 117 Å². The Morgan fingerprint density at radius 2 is 1.60 bits per heavy atom. The molecule has 0 aromatic carbocycles. The summed E-state index contributed by atoms with van der Waals surface area (Å²) in [7, 11) is 0. The largest absolute Gasteiger partial charge is 0.444 e. The van der Waals surface area contributed by atoms with E-state index >= 15 is 0 Å². The number of carbonyl (C=O) groups excluding carboxylic acids is 1. The van der Waals surface area contributed by atoms with E-state index < -0.39 is 17.3 Å². The minimum atomic E-state index is -0.616. The van der Waals surface area contributed by atoms with Crippen LogP contribution in [0.3, 0.4) is 0 Å². The van der Waals surface area contributed by atoms with Gasteiger partial charge in [0.25, 0.3) is 5.56 Å². The van der Waals surface area contributed by atoms with Gasteiger partial charge >= 0.3 is 6.09 Å². The Morgan fingerprint density at radius 3 is 2.10 bits per heavy atom. The van der Waals surface area contributed by atoms with Crippen LogP contribution in [0.25, 0.3) is 16.7 Å². The minimum absolute atomic E-state index is 0.0294. The van der Waals surface area contributed by atoms with E-state index in [2.05, 4.69) is 21.0 Å². The third-order valence-corrected chi connectivity index (χ3v) is 7.26. The smallest absolute Gasteiger partial charge is 0.410 e. The van der Waals surface area contributed by atoms with E-state index in [9.17, 15) is 14.9 Å². The molecule has 1 aliphatic rings. The van der Waals surface area contributed by atoms with Gasteiger partial charge in [-0.05, 0) is 38.7 Å². The summed E-state index contributed by atoms with van der Waals surface area (Å²) in [6, 6.07) is 3.77. The van der Waals surface area contributed by atoms with Crippen LogP contribution in [0.4, 0.5) is 10.5 Å². The predicted molar refractivity (Wildman–Crippen MR) is 156 cm³/mol. The van der Waals surface area contributed by atoms with Crippen LogP contribution in [0, 0.1) is 11.3 Å². The summed E-state index contributed by atoms with van der Waals surface area (Å²) in [4.78, 5) is 43.9. The number of hydrogen-bond acceptors (Lipinski definition) is 8. The van der Waals surface area contributed by atoms with Crippen molar-refractivity contribution in [1.82, 2.24) is 24.4 Å². The molecule has 0 atom stereocenters. The van der Waals surface area contributed by atoms with Crippen LogP contribution in [0.1, 0.15) is 77.3 Å². The molecule has 10 nitrogen and oxygen atoms in total. The van der Waals surface area contributed by atoms with Gasteiger partial charge < -0.3 is 14.5 Å². The van der Waals surface area contributed by atoms with Gasteiger partial charge in [0.1, 0.15) is 28.7 Å². The number of halogens is 2. The molecular weight excluding hydrogens is 553 g/mol. The molecule has 4 heterocycles. The fourth-order valence-corrected chi connectivity index (χ4v) is 5.09. The van der Waals surface area contributed by atoms with Gasteiger partial charge in [-0.1, -0.05) is 50.9 Å². The maximum Gasteiger partial charge on any atom is 0.410 e. The zero-order valence-corrected chi connectivity index (χ0v) is 25.3. The molecule has 12 heteroatoms. The third kappa shape index (κ3) is 5.58. The second-order valence-electron chi connectivity index (χ2n) is 11.4. The number of hydrogen-bond donors (Lipinski definition) is 0. The molecule has 0 bridgehead atoms. The van der Waals surface area contributed by atoms with E-state index in [4.69, 9.17) is 27.9 Å². The van der Waals surface area contributed by atoms with Crippen molar-refractivity contribution in [3.05, 3.63) is 49.9 Å². The van der Waals surface area contributed by atoms with E-state index in [-0.39, 0.29) is 33.2 Å². The number of anilines is 1. The number of amides is 1. The number of rotatable bonds is 4. The Kier molecular flexibility index (Phi) is 8.29. The van der Waals surface area contributed by atoms with Crippen LogP contribution in [-0.4, -0.2) is 62.3 Å². The van der Waals surface area contributed by atoms with Crippen molar-refractivity contribution in [2.75, 3.05) is 31.1 Å². The maximum absolute atomic E-state index is 14.2. The first kappa shape index (κ1) is 29.6. The summed E-state index contributed by atoms with van der Waals surface area (Å²) in [6.45, 7) is 14.8. The summed E-state index contributed by atoms with van der Waals surface area (Å²) in [5.74, 6) is -0.0993. The molecule has 1 fully saturated rings. The van der Waals surface area contributed by atoms with Crippen molar-refractivity contribution in [1.29, 1.82) is 5.26 Å². The number of carbonyl (C=O) groups is 1. The fraction of sp³-hybridized carbons (Fsp3) is 0.500. The van der Waals surface area contributed by atoms with Crippen LogP contribution in [0.2, 0.25) is 10.2 Å². The Balaban J connectivity index is 1.95. The summed E-state index contributed by atoms with van der Waals surface area (Å²) in [5.41, 5.74) is 1.22.